The standard InChI is InChI=1S/C14H21BrN2O/c1-2-17-13(12(15)10-16-17)14(18)11-8-6-4-3-5-7-9-11/h10-11H,2-9H2,1H3. The number of nitrogens with zero attached hydrogens (tertiary/aromatic N) is 2. The number of aromatic nitrogens is 2. The second-order valence-corrected chi connectivity index (χ2v) is 5.92. The zero-order valence-corrected chi connectivity index (χ0v) is 12.6. The molecule has 0 radical (unpaired) electrons. The Balaban J connectivity index is 2.15. The number of aryl methyl sites for hydroxylation is 1. The molecule has 1 aromatic heterocycles. The van der Waals surface area contributed by atoms with Crippen molar-refractivity contribution in [3.8, 4) is 0 Å². The van der Waals surface area contributed by atoms with Crippen LogP contribution in [0.2, 0.25) is 0 Å². The molecule has 0 spiro atoms. The van der Waals surface area contributed by atoms with Crippen molar-refractivity contribution in [3.05, 3.63) is 16.4 Å². The molecule has 4 heteroatoms. The van der Waals surface area contributed by atoms with Crippen molar-refractivity contribution in [2.45, 2.75) is 58.4 Å². The van der Waals surface area contributed by atoms with Crippen LogP contribution in [0.25, 0.3) is 0 Å². The first-order valence-electron chi connectivity index (χ1n) is 6.99. The molecule has 1 aliphatic rings. The molecule has 0 saturated heterocycles. The van der Waals surface area contributed by atoms with Crippen molar-refractivity contribution in [1.82, 2.24) is 9.78 Å². The van der Waals surface area contributed by atoms with Gasteiger partial charge in [-0.15, -0.1) is 0 Å². The van der Waals surface area contributed by atoms with Crippen LogP contribution in [0.1, 0.15) is 62.4 Å². The molecule has 100 valence electrons. The quantitative estimate of drug-likeness (QED) is 0.784. The Hall–Kier alpha value is -0.640. The van der Waals surface area contributed by atoms with E-state index in [1.54, 1.807) is 6.20 Å². The van der Waals surface area contributed by atoms with Crippen molar-refractivity contribution in [2.75, 3.05) is 0 Å². The van der Waals surface area contributed by atoms with E-state index in [4.69, 9.17) is 0 Å². The minimum Gasteiger partial charge on any atom is -0.292 e. The molecular weight excluding hydrogens is 292 g/mol. The van der Waals surface area contributed by atoms with E-state index in [2.05, 4.69) is 21.0 Å². The van der Waals surface area contributed by atoms with Gasteiger partial charge in [-0.1, -0.05) is 32.1 Å². The number of hydrogen-bond donors (Lipinski definition) is 0. The summed E-state index contributed by atoms with van der Waals surface area (Å²) in [4.78, 5) is 12.6. The van der Waals surface area contributed by atoms with Crippen LogP contribution in [-0.4, -0.2) is 15.6 Å². The third kappa shape index (κ3) is 3.02. The molecule has 1 saturated carbocycles. The van der Waals surface area contributed by atoms with Gasteiger partial charge in [0.2, 0.25) is 0 Å². The highest BCUT2D eigenvalue weighted by Gasteiger charge is 2.25. The monoisotopic (exact) mass is 312 g/mol. The van der Waals surface area contributed by atoms with E-state index >= 15 is 0 Å². The SMILES string of the molecule is CCn1ncc(Br)c1C(=O)C1CCCCCCC1. The molecule has 0 atom stereocenters. The van der Waals surface area contributed by atoms with Gasteiger partial charge in [0.15, 0.2) is 5.78 Å². The summed E-state index contributed by atoms with van der Waals surface area (Å²) in [5.74, 6) is 0.478. The average Bonchev–Trinajstić information content (AvgIpc) is 2.69. The van der Waals surface area contributed by atoms with E-state index in [0.29, 0.717) is 0 Å². The number of ketones is 1. The van der Waals surface area contributed by atoms with E-state index in [-0.39, 0.29) is 11.7 Å². The largest absolute Gasteiger partial charge is 0.292 e. The van der Waals surface area contributed by atoms with E-state index < -0.39 is 0 Å². The van der Waals surface area contributed by atoms with Gasteiger partial charge in [-0.05, 0) is 35.7 Å². The van der Waals surface area contributed by atoms with Crippen LogP contribution in [0.4, 0.5) is 0 Å². The normalized spacial score (nSPS) is 18.3. The Morgan fingerprint density at radius 1 is 1.33 bits per heavy atom. The van der Waals surface area contributed by atoms with E-state index in [1.165, 1.54) is 32.1 Å². The van der Waals surface area contributed by atoms with Gasteiger partial charge >= 0.3 is 0 Å². The number of Topliss-reactive ketones (excluding diaryl/α,β-unsaturated/α-hetero) is 1. The second kappa shape index (κ2) is 6.50. The summed E-state index contributed by atoms with van der Waals surface area (Å²) in [5, 5.41) is 4.24. The van der Waals surface area contributed by atoms with Gasteiger partial charge in [0.05, 0.1) is 10.7 Å². The number of rotatable bonds is 3. The Morgan fingerprint density at radius 3 is 2.56 bits per heavy atom. The fourth-order valence-electron chi connectivity index (χ4n) is 2.76. The molecule has 1 heterocycles. The second-order valence-electron chi connectivity index (χ2n) is 5.06. The molecule has 0 amide bonds. The van der Waals surface area contributed by atoms with Gasteiger partial charge in [-0.3, -0.25) is 9.48 Å². The Kier molecular flexibility index (Phi) is 4.98. The topological polar surface area (TPSA) is 34.9 Å². The predicted octanol–water partition coefficient (Wildman–Crippen LogP) is 4.21. The smallest absolute Gasteiger partial charge is 0.185 e. The fourth-order valence-corrected chi connectivity index (χ4v) is 3.25. The molecule has 1 fully saturated rings. The van der Waals surface area contributed by atoms with Crippen LogP contribution in [-0.2, 0) is 6.54 Å². The highest BCUT2D eigenvalue weighted by molar-refractivity contribution is 9.10. The molecule has 2 rings (SSSR count). The molecule has 1 aliphatic carbocycles. The van der Waals surface area contributed by atoms with Crippen LogP contribution < -0.4 is 0 Å². The summed E-state index contributed by atoms with van der Waals surface area (Å²) < 4.78 is 2.65. The first-order valence-corrected chi connectivity index (χ1v) is 7.79. The molecule has 3 nitrogen and oxygen atoms in total. The molecule has 1 aromatic rings. The third-order valence-corrected chi connectivity index (χ3v) is 4.38. The maximum Gasteiger partial charge on any atom is 0.185 e. The van der Waals surface area contributed by atoms with Crippen LogP contribution in [0.15, 0.2) is 10.7 Å². The lowest BCUT2D eigenvalue weighted by atomic mass is 9.87. The number of carbonyl (C=O) groups excluding carboxylic acids is 1. The molecule has 0 unspecified atom stereocenters. The highest BCUT2D eigenvalue weighted by atomic mass is 79.9. The van der Waals surface area contributed by atoms with Crippen molar-refractivity contribution in [2.24, 2.45) is 5.92 Å². The Morgan fingerprint density at radius 2 is 1.94 bits per heavy atom. The Labute approximate surface area is 117 Å². The number of carbonyl (C=O) groups is 1. The highest BCUT2D eigenvalue weighted by Crippen LogP contribution is 2.28. The maximum atomic E-state index is 12.6. The molecular formula is C14H21BrN2O. The number of hydrogen-bond acceptors (Lipinski definition) is 2. The fraction of sp³-hybridized carbons (Fsp3) is 0.714. The third-order valence-electron chi connectivity index (χ3n) is 3.80. The van der Waals surface area contributed by atoms with Crippen molar-refractivity contribution >= 4 is 21.7 Å². The predicted molar refractivity (Wildman–Crippen MR) is 75.7 cm³/mol. The van der Waals surface area contributed by atoms with E-state index in [1.807, 2.05) is 11.6 Å². The zero-order chi connectivity index (χ0) is 13.0. The van der Waals surface area contributed by atoms with Gasteiger partial charge in [0.25, 0.3) is 0 Å². The zero-order valence-electron chi connectivity index (χ0n) is 11.0. The lowest BCUT2D eigenvalue weighted by Gasteiger charge is -2.19. The van der Waals surface area contributed by atoms with Gasteiger partial charge in [0, 0.05) is 12.5 Å². The minimum atomic E-state index is 0.198. The minimum absolute atomic E-state index is 0.198. The molecule has 0 N–H and O–H groups in total. The first kappa shape index (κ1) is 13.8. The van der Waals surface area contributed by atoms with Crippen molar-refractivity contribution in [3.63, 3.8) is 0 Å². The summed E-state index contributed by atoms with van der Waals surface area (Å²) in [5.41, 5.74) is 0.767. The summed E-state index contributed by atoms with van der Waals surface area (Å²) in [6, 6.07) is 0. The number of halogens is 1. The molecule has 0 aromatic carbocycles. The van der Waals surface area contributed by atoms with E-state index in [0.717, 1.165) is 29.6 Å². The average molecular weight is 313 g/mol. The van der Waals surface area contributed by atoms with Crippen LogP contribution in [0.3, 0.4) is 0 Å². The molecule has 18 heavy (non-hydrogen) atoms. The van der Waals surface area contributed by atoms with Crippen molar-refractivity contribution < 1.29 is 4.79 Å². The van der Waals surface area contributed by atoms with Crippen LogP contribution in [0.5, 0.6) is 0 Å². The first-order chi connectivity index (χ1) is 8.74. The molecule has 0 bridgehead atoms. The van der Waals surface area contributed by atoms with E-state index in [9.17, 15) is 4.79 Å². The summed E-state index contributed by atoms with van der Waals surface area (Å²) in [6.07, 6.45) is 10.1. The van der Waals surface area contributed by atoms with Gasteiger partial charge in [-0.2, -0.15) is 5.10 Å². The van der Waals surface area contributed by atoms with Gasteiger partial charge in [0.1, 0.15) is 5.69 Å². The Bertz CT molecular complexity index is 406. The van der Waals surface area contributed by atoms with Crippen molar-refractivity contribution in [1.29, 1.82) is 0 Å². The van der Waals surface area contributed by atoms with Crippen LogP contribution >= 0.6 is 15.9 Å². The molecule has 0 aliphatic heterocycles. The lowest BCUT2D eigenvalue weighted by Crippen LogP contribution is -2.20. The summed E-state index contributed by atoms with van der Waals surface area (Å²) >= 11 is 3.46. The maximum absolute atomic E-state index is 12.6. The van der Waals surface area contributed by atoms with Gasteiger partial charge in [-0.25, -0.2) is 0 Å². The summed E-state index contributed by atoms with van der Waals surface area (Å²) in [7, 11) is 0. The van der Waals surface area contributed by atoms with Gasteiger partial charge < -0.3 is 0 Å². The van der Waals surface area contributed by atoms with Crippen LogP contribution in [0, 0.1) is 5.92 Å². The summed E-state index contributed by atoms with van der Waals surface area (Å²) in [6.45, 7) is 2.77. The lowest BCUT2D eigenvalue weighted by molar-refractivity contribution is 0.0886.